The number of carboxylic acid groups (broad SMARTS) is 1. The van der Waals surface area contributed by atoms with Gasteiger partial charge in [0.25, 0.3) is 0 Å². The molecule has 0 aromatic carbocycles. The fourth-order valence-electron chi connectivity index (χ4n) is 1.14. The summed E-state index contributed by atoms with van der Waals surface area (Å²) in [5, 5.41) is 12.3. The number of carbonyl (C=O) groups is 3. The fraction of sp³-hybridized carbons (Fsp3) is 0.375. The van der Waals surface area contributed by atoms with E-state index in [1.165, 1.54) is 17.3 Å². The molecule has 0 radical (unpaired) electrons. The molecule has 9 nitrogen and oxygen atoms in total. The predicted octanol–water partition coefficient (Wildman–Crippen LogP) is -2.32. The van der Waals surface area contributed by atoms with E-state index in [0.29, 0.717) is 0 Å². The number of aromatic nitrogens is 3. The van der Waals surface area contributed by atoms with Gasteiger partial charge in [-0.2, -0.15) is 5.10 Å². The quantitative estimate of drug-likeness (QED) is 0.574. The molecule has 0 unspecified atom stereocenters. The zero-order valence-electron chi connectivity index (χ0n) is 8.81. The van der Waals surface area contributed by atoms with Gasteiger partial charge < -0.3 is 15.7 Å². The molecule has 1 rings (SSSR count). The molecule has 0 bridgehead atoms. The maximum Gasteiger partial charge on any atom is 0.323 e. The largest absolute Gasteiger partial charge is 0.480 e. The third-order valence-corrected chi connectivity index (χ3v) is 1.79. The SMILES string of the molecule is NC(=O)CN(CC(=O)O)C(=O)Cn1cncn1. The summed E-state index contributed by atoms with van der Waals surface area (Å²) in [5.41, 5.74) is 4.92. The van der Waals surface area contributed by atoms with Crippen molar-refractivity contribution in [1.29, 1.82) is 0 Å². The minimum absolute atomic E-state index is 0.194. The van der Waals surface area contributed by atoms with Crippen molar-refractivity contribution in [2.45, 2.75) is 6.54 Å². The first kappa shape index (κ1) is 12.6. The van der Waals surface area contributed by atoms with Crippen LogP contribution in [0, 0.1) is 0 Å². The van der Waals surface area contributed by atoms with E-state index < -0.39 is 30.9 Å². The second-order valence-electron chi connectivity index (χ2n) is 3.20. The molecule has 0 aliphatic heterocycles. The minimum Gasteiger partial charge on any atom is -0.480 e. The molecule has 0 fully saturated rings. The summed E-state index contributed by atoms with van der Waals surface area (Å²) in [4.78, 5) is 37.3. The lowest BCUT2D eigenvalue weighted by molar-refractivity contribution is -0.146. The van der Waals surface area contributed by atoms with Gasteiger partial charge in [-0.3, -0.25) is 14.4 Å². The van der Waals surface area contributed by atoms with Gasteiger partial charge in [-0.25, -0.2) is 9.67 Å². The van der Waals surface area contributed by atoms with Crippen molar-refractivity contribution in [3.8, 4) is 0 Å². The van der Waals surface area contributed by atoms with Crippen LogP contribution in [0.1, 0.15) is 0 Å². The molecule has 0 saturated heterocycles. The van der Waals surface area contributed by atoms with Crippen LogP contribution in [0.4, 0.5) is 0 Å². The van der Waals surface area contributed by atoms with Crippen molar-refractivity contribution in [2.24, 2.45) is 5.73 Å². The van der Waals surface area contributed by atoms with Crippen molar-refractivity contribution in [2.75, 3.05) is 13.1 Å². The maximum absolute atomic E-state index is 11.6. The summed E-state index contributed by atoms with van der Waals surface area (Å²) >= 11 is 0. The number of primary amides is 1. The fourth-order valence-corrected chi connectivity index (χ4v) is 1.14. The summed E-state index contributed by atoms with van der Waals surface area (Å²) in [7, 11) is 0. The summed E-state index contributed by atoms with van der Waals surface area (Å²) in [6.07, 6.45) is 2.55. The average molecular weight is 241 g/mol. The number of hydrogen-bond donors (Lipinski definition) is 2. The van der Waals surface area contributed by atoms with Crippen molar-refractivity contribution in [3.63, 3.8) is 0 Å². The van der Waals surface area contributed by atoms with Gasteiger partial charge in [-0.15, -0.1) is 0 Å². The first-order valence-electron chi connectivity index (χ1n) is 4.59. The zero-order valence-corrected chi connectivity index (χ0v) is 8.81. The second kappa shape index (κ2) is 5.58. The summed E-state index contributed by atoms with van der Waals surface area (Å²) in [6, 6.07) is 0. The lowest BCUT2D eigenvalue weighted by Crippen LogP contribution is -2.43. The minimum atomic E-state index is -1.22. The van der Waals surface area contributed by atoms with Crippen molar-refractivity contribution < 1.29 is 19.5 Å². The Balaban J connectivity index is 2.65. The highest BCUT2D eigenvalue weighted by Crippen LogP contribution is 1.93. The Bertz CT molecular complexity index is 400. The number of amides is 2. The van der Waals surface area contributed by atoms with Crippen LogP contribution in [0.15, 0.2) is 12.7 Å². The predicted molar refractivity (Wildman–Crippen MR) is 53.4 cm³/mol. The summed E-state index contributed by atoms with van der Waals surface area (Å²) in [6.45, 7) is -1.23. The molecular weight excluding hydrogens is 230 g/mol. The first-order valence-corrected chi connectivity index (χ1v) is 4.59. The monoisotopic (exact) mass is 241 g/mol. The van der Waals surface area contributed by atoms with E-state index in [1.807, 2.05) is 0 Å². The van der Waals surface area contributed by atoms with E-state index in [2.05, 4.69) is 10.1 Å². The average Bonchev–Trinajstić information content (AvgIpc) is 2.67. The van der Waals surface area contributed by atoms with Gasteiger partial charge >= 0.3 is 5.97 Å². The van der Waals surface area contributed by atoms with Gasteiger partial charge in [0.05, 0.1) is 6.54 Å². The molecule has 0 saturated carbocycles. The summed E-state index contributed by atoms with van der Waals surface area (Å²) < 4.78 is 1.22. The number of nitrogens with two attached hydrogens (primary N) is 1. The number of nitrogens with zero attached hydrogens (tertiary/aromatic N) is 4. The molecule has 17 heavy (non-hydrogen) atoms. The standard InChI is InChI=1S/C8H11N5O4/c9-6(14)1-12(3-8(16)17)7(15)2-13-5-10-4-11-13/h4-5H,1-3H2,(H2,9,14)(H,16,17). The van der Waals surface area contributed by atoms with Crippen LogP contribution >= 0.6 is 0 Å². The lowest BCUT2D eigenvalue weighted by atomic mass is 10.4. The first-order chi connectivity index (χ1) is 7.99. The van der Waals surface area contributed by atoms with Gasteiger partial charge in [0.15, 0.2) is 0 Å². The van der Waals surface area contributed by atoms with Gasteiger partial charge in [-0.1, -0.05) is 0 Å². The van der Waals surface area contributed by atoms with Gasteiger partial charge in [0.1, 0.15) is 25.7 Å². The van der Waals surface area contributed by atoms with E-state index in [9.17, 15) is 14.4 Å². The molecule has 92 valence electrons. The number of rotatable bonds is 6. The van der Waals surface area contributed by atoms with E-state index in [4.69, 9.17) is 10.8 Å². The molecule has 0 aliphatic rings. The van der Waals surface area contributed by atoms with Crippen LogP contribution in [0.25, 0.3) is 0 Å². The van der Waals surface area contributed by atoms with Crippen LogP contribution in [0.3, 0.4) is 0 Å². The zero-order chi connectivity index (χ0) is 12.8. The Morgan fingerprint density at radius 2 is 2.06 bits per heavy atom. The topological polar surface area (TPSA) is 131 Å². The molecule has 1 heterocycles. The Morgan fingerprint density at radius 1 is 1.35 bits per heavy atom. The van der Waals surface area contributed by atoms with Gasteiger partial charge in [0, 0.05) is 0 Å². The molecule has 0 spiro atoms. The molecular formula is C8H11N5O4. The van der Waals surface area contributed by atoms with Gasteiger partial charge in [-0.05, 0) is 0 Å². The molecule has 1 aromatic rings. The molecule has 3 N–H and O–H groups in total. The third kappa shape index (κ3) is 4.28. The van der Waals surface area contributed by atoms with Crippen LogP contribution < -0.4 is 5.73 Å². The molecule has 0 atom stereocenters. The Kier molecular flexibility index (Phi) is 4.14. The van der Waals surface area contributed by atoms with Crippen LogP contribution in [0.5, 0.6) is 0 Å². The van der Waals surface area contributed by atoms with Gasteiger partial charge in [0.2, 0.25) is 11.8 Å². The van der Waals surface area contributed by atoms with Crippen LogP contribution in [-0.2, 0) is 20.9 Å². The maximum atomic E-state index is 11.6. The highest BCUT2D eigenvalue weighted by molar-refractivity contribution is 5.86. The Labute approximate surface area is 95.8 Å². The van der Waals surface area contributed by atoms with Crippen molar-refractivity contribution in [1.82, 2.24) is 19.7 Å². The van der Waals surface area contributed by atoms with E-state index >= 15 is 0 Å². The highest BCUT2D eigenvalue weighted by Gasteiger charge is 2.19. The van der Waals surface area contributed by atoms with Crippen LogP contribution in [0.2, 0.25) is 0 Å². The normalized spacial score (nSPS) is 9.88. The number of carboxylic acids is 1. The highest BCUT2D eigenvalue weighted by atomic mass is 16.4. The number of carbonyl (C=O) groups excluding carboxylic acids is 2. The van der Waals surface area contributed by atoms with E-state index in [0.717, 1.165) is 4.90 Å². The van der Waals surface area contributed by atoms with E-state index in [1.54, 1.807) is 0 Å². The Morgan fingerprint density at radius 3 is 2.53 bits per heavy atom. The van der Waals surface area contributed by atoms with Crippen molar-refractivity contribution >= 4 is 17.8 Å². The smallest absolute Gasteiger partial charge is 0.323 e. The van der Waals surface area contributed by atoms with Crippen molar-refractivity contribution in [3.05, 3.63) is 12.7 Å². The molecule has 1 aromatic heterocycles. The van der Waals surface area contributed by atoms with Crippen LogP contribution in [-0.4, -0.2) is 55.6 Å². The summed E-state index contributed by atoms with van der Waals surface area (Å²) in [5.74, 6) is -2.58. The molecule has 0 aliphatic carbocycles. The number of hydrogen-bond acceptors (Lipinski definition) is 5. The second-order valence-corrected chi connectivity index (χ2v) is 3.20. The van der Waals surface area contributed by atoms with E-state index in [-0.39, 0.29) is 6.54 Å². The number of aliphatic carboxylic acids is 1. The third-order valence-electron chi connectivity index (χ3n) is 1.79. The lowest BCUT2D eigenvalue weighted by Gasteiger charge is -2.18. The Hall–Kier alpha value is -2.45. The molecule has 9 heteroatoms. The molecule has 2 amide bonds.